The lowest BCUT2D eigenvalue weighted by molar-refractivity contribution is -0.182. The zero-order chi connectivity index (χ0) is 35.4. The van der Waals surface area contributed by atoms with Gasteiger partial charge in [-0.25, -0.2) is 9.59 Å². The van der Waals surface area contributed by atoms with E-state index in [0.717, 1.165) is 55.6 Å². The van der Waals surface area contributed by atoms with Gasteiger partial charge in [-0.1, -0.05) is 35.4 Å². The number of aryl methyl sites for hydroxylation is 2. The highest BCUT2D eigenvalue weighted by molar-refractivity contribution is 6.29. The number of hydrogen-bond acceptors (Lipinski definition) is 8. The summed E-state index contributed by atoms with van der Waals surface area (Å²) in [6.45, 7) is 4.06. The lowest BCUT2D eigenvalue weighted by Gasteiger charge is -2.26. The highest BCUT2D eigenvalue weighted by Gasteiger charge is 2.29. The van der Waals surface area contributed by atoms with Crippen molar-refractivity contribution in [3.63, 3.8) is 0 Å². The van der Waals surface area contributed by atoms with Gasteiger partial charge in [0.15, 0.2) is 12.5 Å². The van der Waals surface area contributed by atoms with Gasteiger partial charge in [-0.15, -0.1) is 0 Å². The molecule has 2 heterocycles. The summed E-state index contributed by atoms with van der Waals surface area (Å²) in [5, 5.41) is 1.86. The third-order valence-electron chi connectivity index (χ3n) is 8.58. The Balaban J connectivity index is 1.11. The maximum absolute atomic E-state index is 13.2. The van der Waals surface area contributed by atoms with Crippen molar-refractivity contribution in [3.8, 4) is 23.0 Å². The lowest BCUT2D eigenvalue weighted by atomic mass is 10.1. The molecule has 50 heavy (non-hydrogen) atoms. The van der Waals surface area contributed by atoms with Crippen LogP contribution in [0.3, 0.4) is 0 Å². The van der Waals surface area contributed by atoms with E-state index in [0.29, 0.717) is 24.3 Å². The van der Waals surface area contributed by atoms with Gasteiger partial charge in [0.2, 0.25) is 0 Å². The van der Waals surface area contributed by atoms with Crippen LogP contribution in [-0.4, -0.2) is 72.4 Å². The first-order valence-electron chi connectivity index (χ1n) is 16.5. The average Bonchev–Trinajstić information content (AvgIpc) is 3.69. The minimum absolute atomic E-state index is 0.333. The van der Waals surface area contributed by atoms with Gasteiger partial charge in [-0.2, -0.15) is 0 Å². The van der Waals surface area contributed by atoms with Crippen LogP contribution >= 0.6 is 0 Å². The van der Waals surface area contributed by atoms with Crippen LogP contribution in [0.4, 0.5) is 0 Å². The first-order valence-corrected chi connectivity index (χ1v) is 16.5. The van der Waals surface area contributed by atoms with Gasteiger partial charge in [0, 0.05) is 47.0 Å². The summed E-state index contributed by atoms with van der Waals surface area (Å²) in [5.41, 5.74) is 5.95. The van der Waals surface area contributed by atoms with Crippen molar-refractivity contribution in [1.82, 2.24) is 19.8 Å². The van der Waals surface area contributed by atoms with Gasteiger partial charge in [0.25, 0.3) is 0 Å². The summed E-state index contributed by atoms with van der Waals surface area (Å²) in [6, 6.07) is 27.3. The molecule has 2 atom stereocenters. The third-order valence-corrected chi connectivity index (χ3v) is 8.58. The number of nitrogens with zero attached hydrogens (tertiary/aromatic N) is 2. The molecule has 10 heteroatoms. The van der Waals surface area contributed by atoms with Gasteiger partial charge in [0.1, 0.15) is 23.0 Å². The first-order chi connectivity index (χ1) is 24.0. The normalized spacial score (nSPS) is 12.7. The largest absolute Gasteiger partial charge is 0.457 e. The molecule has 2 unspecified atom stereocenters. The van der Waals surface area contributed by atoms with Crippen molar-refractivity contribution in [3.05, 3.63) is 120 Å². The van der Waals surface area contributed by atoms with Crippen LogP contribution in [0.15, 0.2) is 97.3 Å². The molecule has 0 aliphatic heterocycles. The number of benzene rings is 4. The minimum Gasteiger partial charge on any atom is -0.457 e. The number of likely N-dealkylation sites (N-methyl/N-ethyl adjacent to an activating group) is 2. The molecule has 0 saturated heterocycles. The van der Waals surface area contributed by atoms with Crippen LogP contribution in [0.5, 0.6) is 23.0 Å². The number of carbonyl (C=O) groups excluding carboxylic acids is 2. The van der Waals surface area contributed by atoms with E-state index >= 15 is 0 Å². The fourth-order valence-electron chi connectivity index (χ4n) is 5.64. The summed E-state index contributed by atoms with van der Waals surface area (Å²) in [5.74, 6) is 0.720. The topological polar surface area (TPSA) is 109 Å². The molecule has 4 aromatic carbocycles. The summed E-state index contributed by atoms with van der Waals surface area (Å²) in [4.78, 5) is 36.4. The highest BCUT2D eigenvalue weighted by Crippen LogP contribution is 2.30. The molecule has 10 nitrogen and oxygen atoms in total. The second-order valence-electron chi connectivity index (χ2n) is 12.9. The number of H-pyrrole nitrogens is 2. The Kier molecular flexibility index (Phi) is 10.2. The monoisotopic (exact) mass is 674 g/mol. The summed E-state index contributed by atoms with van der Waals surface area (Å²) in [6.07, 6.45) is 2.97. The van der Waals surface area contributed by atoms with E-state index < -0.39 is 24.4 Å². The van der Waals surface area contributed by atoms with Gasteiger partial charge in [0.05, 0.1) is 0 Å². The number of aromatic nitrogens is 2. The molecule has 258 valence electrons. The van der Waals surface area contributed by atoms with E-state index in [4.69, 9.17) is 18.9 Å². The molecule has 2 N–H and O–H groups in total. The Morgan fingerprint density at radius 3 is 1.28 bits per heavy atom. The van der Waals surface area contributed by atoms with Crippen molar-refractivity contribution in [2.24, 2.45) is 0 Å². The molecule has 0 saturated carbocycles. The van der Waals surface area contributed by atoms with E-state index in [1.165, 1.54) is 0 Å². The summed E-state index contributed by atoms with van der Waals surface area (Å²) >= 11 is 0. The number of nitrogens with one attached hydrogen (secondary N) is 2. The Labute approximate surface area is 291 Å². The van der Waals surface area contributed by atoms with Crippen LogP contribution in [0.2, 0.25) is 0 Å². The molecular formula is C40H42N4O6. The number of esters is 2. The standard InChI is InChI=1S/C40H42N4O6/c1-25-7-11-29(12-8-25)47-31-15-17-35-33(21-31)27(23-41-35)19-37(43(3)4)49-39(45)40(46)50-38(44(5)6)20-28-24-42-36-18-16-32(22-34(28)36)48-30-13-9-26(2)10-14-30/h7-18,21-24,37-38,41-42H,19-20H2,1-6H3. The molecule has 6 rings (SSSR count). The minimum atomic E-state index is -1.06. The van der Waals surface area contributed by atoms with Crippen LogP contribution in [-0.2, 0) is 31.9 Å². The van der Waals surface area contributed by atoms with E-state index in [1.54, 1.807) is 38.0 Å². The van der Waals surface area contributed by atoms with Crippen molar-refractivity contribution in [2.75, 3.05) is 28.2 Å². The molecule has 6 aromatic rings. The van der Waals surface area contributed by atoms with E-state index in [2.05, 4.69) is 9.97 Å². The highest BCUT2D eigenvalue weighted by atomic mass is 16.6. The second kappa shape index (κ2) is 14.9. The second-order valence-corrected chi connectivity index (χ2v) is 12.9. The Hall–Kier alpha value is -5.58. The van der Waals surface area contributed by atoms with E-state index in [9.17, 15) is 9.59 Å². The smallest absolute Gasteiger partial charge is 0.419 e. The fourth-order valence-corrected chi connectivity index (χ4v) is 5.64. The molecule has 0 fully saturated rings. The lowest BCUT2D eigenvalue weighted by Crippen LogP contribution is -2.40. The molecule has 2 aromatic heterocycles. The zero-order valence-electron chi connectivity index (χ0n) is 29.2. The van der Waals surface area contributed by atoms with Crippen molar-refractivity contribution in [1.29, 1.82) is 0 Å². The van der Waals surface area contributed by atoms with Crippen molar-refractivity contribution in [2.45, 2.75) is 39.1 Å². The van der Waals surface area contributed by atoms with E-state index in [-0.39, 0.29) is 0 Å². The van der Waals surface area contributed by atoms with Crippen molar-refractivity contribution < 1.29 is 28.5 Å². The van der Waals surface area contributed by atoms with Gasteiger partial charge >= 0.3 is 11.9 Å². The quantitative estimate of drug-likeness (QED) is 0.0781. The van der Waals surface area contributed by atoms with Crippen LogP contribution in [0, 0.1) is 13.8 Å². The number of ether oxygens (including phenoxy) is 4. The number of carbonyl (C=O) groups is 2. The molecule has 0 aliphatic carbocycles. The Morgan fingerprint density at radius 1 is 0.560 bits per heavy atom. The maximum Gasteiger partial charge on any atom is 0.419 e. The molecular weight excluding hydrogens is 632 g/mol. The van der Waals surface area contributed by atoms with Crippen LogP contribution < -0.4 is 9.47 Å². The van der Waals surface area contributed by atoms with Crippen LogP contribution in [0.1, 0.15) is 22.3 Å². The SMILES string of the molecule is Cc1ccc(Oc2ccc3[nH]cc(CC(OC(=O)C(=O)OC(Cc4c[nH]c5ccc(Oc6ccc(C)cc6)cc45)N(C)C)N(C)C)c3c2)cc1. The first kappa shape index (κ1) is 34.3. The predicted molar refractivity (Wildman–Crippen MR) is 194 cm³/mol. The summed E-state index contributed by atoms with van der Waals surface area (Å²) in [7, 11) is 7.17. The zero-order valence-corrected chi connectivity index (χ0v) is 29.2. The average molecular weight is 675 g/mol. The van der Waals surface area contributed by atoms with Crippen molar-refractivity contribution >= 4 is 33.7 Å². The number of rotatable bonds is 12. The molecule has 0 amide bonds. The number of hydrogen-bond donors (Lipinski definition) is 2. The molecule has 0 radical (unpaired) electrons. The predicted octanol–water partition coefficient (Wildman–Crippen LogP) is 7.50. The fraction of sp³-hybridized carbons (Fsp3) is 0.250. The molecule has 0 bridgehead atoms. The van der Waals surface area contributed by atoms with Gasteiger partial charge in [-0.05, 0) is 114 Å². The van der Waals surface area contributed by atoms with E-state index in [1.807, 2.05) is 111 Å². The van der Waals surface area contributed by atoms with Gasteiger partial charge < -0.3 is 28.9 Å². The maximum atomic E-state index is 13.2. The molecule has 0 aliphatic rings. The summed E-state index contributed by atoms with van der Waals surface area (Å²) < 4.78 is 23.6. The number of fused-ring (bicyclic) bond motifs is 2. The molecule has 0 spiro atoms. The third kappa shape index (κ3) is 8.16. The Bertz CT molecular complexity index is 1950. The van der Waals surface area contributed by atoms with Crippen LogP contribution in [0.25, 0.3) is 21.8 Å². The number of aromatic amines is 2. The Morgan fingerprint density at radius 2 is 0.920 bits per heavy atom. The van der Waals surface area contributed by atoms with Gasteiger partial charge in [-0.3, -0.25) is 9.80 Å².